The van der Waals surface area contributed by atoms with Gasteiger partial charge in [0.25, 0.3) is 5.91 Å². The Bertz CT molecular complexity index is 614. The lowest BCUT2D eigenvalue weighted by Crippen LogP contribution is -2.44. The quantitative estimate of drug-likeness (QED) is 0.850. The molecule has 3 heterocycles. The molecule has 3 rings (SSSR count). The second kappa shape index (κ2) is 5.90. The Morgan fingerprint density at radius 1 is 1.52 bits per heavy atom. The summed E-state index contributed by atoms with van der Waals surface area (Å²) in [5.74, 6) is 1.04. The first-order valence-corrected chi connectivity index (χ1v) is 6.87. The number of carbonyl (C=O) groups is 1. The lowest BCUT2D eigenvalue weighted by atomic mass is 10.1. The van der Waals surface area contributed by atoms with Gasteiger partial charge < -0.3 is 14.2 Å². The zero-order valence-electron chi connectivity index (χ0n) is 11.7. The number of piperidine rings is 1. The molecule has 0 aromatic carbocycles. The van der Waals surface area contributed by atoms with Gasteiger partial charge in [-0.05, 0) is 19.8 Å². The monoisotopic (exact) mass is 288 g/mol. The lowest BCUT2D eigenvalue weighted by molar-refractivity contribution is 0.0518. The predicted molar refractivity (Wildman–Crippen MR) is 72.8 cm³/mol. The average Bonchev–Trinajstić information content (AvgIpc) is 2.94. The molecule has 0 spiro atoms. The maximum Gasteiger partial charge on any atom is 0.276 e. The number of hydrogen-bond donors (Lipinski definition) is 0. The summed E-state index contributed by atoms with van der Waals surface area (Å²) in [6.45, 7) is 2.99. The molecule has 110 valence electrons. The number of carbonyl (C=O) groups excluding carboxylic acids is 1. The van der Waals surface area contributed by atoms with E-state index in [1.807, 2.05) is 0 Å². The van der Waals surface area contributed by atoms with Crippen molar-refractivity contribution in [2.45, 2.75) is 25.9 Å². The van der Waals surface area contributed by atoms with Crippen molar-refractivity contribution in [2.75, 3.05) is 13.1 Å². The fourth-order valence-electron chi connectivity index (χ4n) is 2.37. The van der Waals surface area contributed by atoms with Crippen LogP contribution in [0, 0.1) is 6.92 Å². The van der Waals surface area contributed by atoms with Gasteiger partial charge in [-0.15, -0.1) is 0 Å². The third kappa shape index (κ3) is 3.18. The highest BCUT2D eigenvalue weighted by molar-refractivity contribution is 5.92. The van der Waals surface area contributed by atoms with Crippen LogP contribution < -0.4 is 4.74 Å². The summed E-state index contributed by atoms with van der Waals surface area (Å²) < 4.78 is 10.7. The van der Waals surface area contributed by atoms with E-state index in [0.29, 0.717) is 30.4 Å². The van der Waals surface area contributed by atoms with E-state index < -0.39 is 0 Å². The van der Waals surface area contributed by atoms with Gasteiger partial charge in [-0.2, -0.15) is 0 Å². The molecule has 2 aromatic heterocycles. The highest BCUT2D eigenvalue weighted by atomic mass is 16.5. The molecule has 0 bridgehead atoms. The van der Waals surface area contributed by atoms with E-state index in [1.165, 1.54) is 6.33 Å². The third-order valence-electron chi connectivity index (χ3n) is 3.35. The molecule has 1 fully saturated rings. The topological polar surface area (TPSA) is 81.4 Å². The summed E-state index contributed by atoms with van der Waals surface area (Å²) in [6, 6.07) is 3.36. The molecule has 21 heavy (non-hydrogen) atoms. The van der Waals surface area contributed by atoms with Crippen LogP contribution in [0.5, 0.6) is 5.88 Å². The van der Waals surface area contributed by atoms with Crippen molar-refractivity contribution in [3.8, 4) is 5.88 Å². The van der Waals surface area contributed by atoms with E-state index in [4.69, 9.17) is 9.26 Å². The van der Waals surface area contributed by atoms with Crippen molar-refractivity contribution >= 4 is 5.91 Å². The van der Waals surface area contributed by atoms with Crippen molar-refractivity contribution in [2.24, 2.45) is 0 Å². The van der Waals surface area contributed by atoms with E-state index in [9.17, 15) is 4.79 Å². The Kier molecular flexibility index (Phi) is 3.81. The minimum Gasteiger partial charge on any atom is -0.472 e. The first kappa shape index (κ1) is 13.5. The van der Waals surface area contributed by atoms with Crippen LogP contribution in [0.1, 0.15) is 29.1 Å². The molecule has 1 unspecified atom stereocenters. The molecule has 1 saturated heterocycles. The Morgan fingerprint density at radius 2 is 2.43 bits per heavy atom. The summed E-state index contributed by atoms with van der Waals surface area (Å²) in [5, 5.41) is 3.77. The predicted octanol–water partition coefficient (Wildman–Crippen LogP) is 1.46. The third-order valence-corrected chi connectivity index (χ3v) is 3.35. The standard InChI is InChI=1S/C14H16N4O3/c1-10-7-12(17-21-10)14(19)18-6-2-3-11(8-18)20-13-4-5-15-9-16-13/h4-5,7,9,11H,2-3,6,8H2,1H3. The van der Waals surface area contributed by atoms with Crippen molar-refractivity contribution in [1.29, 1.82) is 0 Å². The molecular weight excluding hydrogens is 272 g/mol. The molecule has 0 saturated carbocycles. The van der Waals surface area contributed by atoms with Gasteiger partial charge in [-0.1, -0.05) is 5.16 Å². The van der Waals surface area contributed by atoms with Gasteiger partial charge in [0, 0.05) is 24.9 Å². The lowest BCUT2D eigenvalue weighted by Gasteiger charge is -2.32. The highest BCUT2D eigenvalue weighted by Crippen LogP contribution is 2.18. The molecular formula is C14H16N4O3. The smallest absolute Gasteiger partial charge is 0.276 e. The Balaban J connectivity index is 1.64. The normalized spacial score (nSPS) is 18.5. The van der Waals surface area contributed by atoms with Gasteiger partial charge in [0.05, 0.1) is 6.54 Å². The number of nitrogens with zero attached hydrogens (tertiary/aromatic N) is 4. The Hall–Kier alpha value is -2.44. The van der Waals surface area contributed by atoms with E-state index in [2.05, 4.69) is 15.1 Å². The van der Waals surface area contributed by atoms with Crippen LogP contribution >= 0.6 is 0 Å². The number of ether oxygens (including phenoxy) is 1. The number of likely N-dealkylation sites (tertiary alicyclic amines) is 1. The highest BCUT2D eigenvalue weighted by Gasteiger charge is 2.27. The maximum absolute atomic E-state index is 12.3. The zero-order chi connectivity index (χ0) is 14.7. The van der Waals surface area contributed by atoms with Gasteiger partial charge in [0.15, 0.2) is 5.69 Å². The van der Waals surface area contributed by atoms with E-state index >= 15 is 0 Å². The molecule has 0 N–H and O–H groups in total. The van der Waals surface area contributed by atoms with Gasteiger partial charge in [0.2, 0.25) is 5.88 Å². The second-order valence-electron chi connectivity index (χ2n) is 5.00. The first-order valence-electron chi connectivity index (χ1n) is 6.87. The molecule has 1 atom stereocenters. The molecule has 1 aliphatic heterocycles. The minimum absolute atomic E-state index is 0.0643. The van der Waals surface area contributed by atoms with Crippen molar-refractivity contribution < 1.29 is 14.1 Å². The summed E-state index contributed by atoms with van der Waals surface area (Å²) in [5.41, 5.74) is 0.343. The molecule has 0 aliphatic carbocycles. The van der Waals surface area contributed by atoms with Gasteiger partial charge in [-0.3, -0.25) is 4.79 Å². The van der Waals surface area contributed by atoms with Crippen LogP contribution in [0.15, 0.2) is 29.2 Å². The van der Waals surface area contributed by atoms with Crippen molar-refractivity contribution in [1.82, 2.24) is 20.0 Å². The summed E-state index contributed by atoms with van der Waals surface area (Å²) in [4.78, 5) is 22.0. The minimum atomic E-state index is -0.122. The molecule has 7 heteroatoms. The number of aryl methyl sites for hydroxylation is 1. The molecule has 0 radical (unpaired) electrons. The maximum atomic E-state index is 12.3. The number of hydrogen-bond acceptors (Lipinski definition) is 6. The first-order chi connectivity index (χ1) is 10.2. The number of rotatable bonds is 3. The fourth-order valence-corrected chi connectivity index (χ4v) is 2.37. The fraction of sp³-hybridized carbons (Fsp3) is 0.429. The zero-order valence-corrected chi connectivity index (χ0v) is 11.7. The van der Waals surface area contributed by atoms with Gasteiger partial charge >= 0.3 is 0 Å². The second-order valence-corrected chi connectivity index (χ2v) is 5.00. The van der Waals surface area contributed by atoms with Crippen LogP contribution in [-0.2, 0) is 0 Å². The Morgan fingerprint density at radius 3 is 3.14 bits per heavy atom. The van der Waals surface area contributed by atoms with Crippen LogP contribution in [0.4, 0.5) is 0 Å². The van der Waals surface area contributed by atoms with Crippen LogP contribution in [0.25, 0.3) is 0 Å². The van der Waals surface area contributed by atoms with E-state index in [1.54, 1.807) is 30.2 Å². The van der Waals surface area contributed by atoms with Gasteiger partial charge in [-0.25, -0.2) is 9.97 Å². The van der Waals surface area contributed by atoms with E-state index in [-0.39, 0.29) is 12.0 Å². The molecule has 7 nitrogen and oxygen atoms in total. The summed E-state index contributed by atoms with van der Waals surface area (Å²) in [7, 11) is 0. The Labute approximate surface area is 121 Å². The molecule has 1 amide bonds. The van der Waals surface area contributed by atoms with Crippen molar-refractivity contribution in [3.63, 3.8) is 0 Å². The summed E-state index contributed by atoms with van der Waals surface area (Å²) >= 11 is 0. The summed E-state index contributed by atoms with van der Waals surface area (Å²) in [6.07, 6.45) is 4.79. The SMILES string of the molecule is Cc1cc(C(=O)N2CCCC(Oc3ccncn3)C2)no1. The van der Waals surface area contributed by atoms with Crippen molar-refractivity contribution in [3.05, 3.63) is 36.1 Å². The largest absolute Gasteiger partial charge is 0.472 e. The van der Waals surface area contributed by atoms with E-state index in [0.717, 1.165) is 12.8 Å². The van der Waals surface area contributed by atoms with Gasteiger partial charge in [0.1, 0.15) is 18.2 Å². The average molecular weight is 288 g/mol. The molecule has 2 aromatic rings. The van der Waals surface area contributed by atoms with Crippen LogP contribution in [-0.4, -0.2) is 45.1 Å². The number of aromatic nitrogens is 3. The van der Waals surface area contributed by atoms with Crippen LogP contribution in [0.3, 0.4) is 0 Å². The number of amides is 1. The van der Waals surface area contributed by atoms with Crippen LogP contribution in [0.2, 0.25) is 0 Å². The molecule has 1 aliphatic rings.